The molecule has 0 bridgehead atoms. The van der Waals surface area contributed by atoms with Crippen LogP contribution in [0.25, 0.3) is 0 Å². The molecule has 1 aromatic heterocycles. The van der Waals surface area contributed by atoms with Crippen LogP contribution in [0.5, 0.6) is 0 Å². The SMILES string of the molecule is CCn1c(CBr)nnc1Cc1ccccc1Cl. The molecule has 1 heterocycles. The molecular weight excluding hydrogens is 302 g/mol. The van der Waals surface area contributed by atoms with Crippen LogP contribution < -0.4 is 0 Å². The Balaban J connectivity index is 2.30. The summed E-state index contributed by atoms with van der Waals surface area (Å²) in [5.74, 6) is 1.91. The van der Waals surface area contributed by atoms with Crippen molar-refractivity contribution in [2.75, 3.05) is 0 Å². The molecule has 0 aliphatic carbocycles. The number of nitrogens with zero attached hydrogens (tertiary/aromatic N) is 3. The van der Waals surface area contributed by atoms with E-state index in [1.807, 2.05) is 24.3 Å². The van der Waals surface area contributed by atoms with Crippen LogP contribution >= 0.6 is 27.5 Å². The maximum Gasteiger partial charge on any atom is 0.143 e. The fraction of sp³-hybridized carbons (Fsp3) is 0.333. The smallest absolute Gasteiger partial charge is 0.143 e. The van der Waals surface area contributed by atoms with E-state index in [0.29, 0.717) is 6.42 Å². The molecule has 5 heteroatoms. The third-order valence-corrected chi connectivity index (χ3v) is 3.52. The van der Waals surface area contributed by atoms with E-state index in [4.69, 9.17) is 11.6 Å². The van der Waals surface area contributed by atoms with Crippen molar-refractivity contribution < 1.29 is 0 Å². The van der Waals surface area contributed by atoms with E-state index < -0.39 is 0 Å². The van der Waals surface area contributed by atoms with E-state index in [2.05, 4.69) is 37.6 Å². The van der Waals surface area contributed by atoms with Crippen LogP contribution in [0.3, 0.4) is 0 Å². The highest BCUT2D eigenvalue weighted by Crippen LogP contribution is 2.19. The van der Waals surface area contributed by atoms with Crippen LogP contribution in [0, 0.1) is 0 Å². The second kappa shape index (κ2) is 5.65. The van der Waals surface area contributed by atoms with Gasteiger partial charge >= 0.3 is 0 Å². The van der Waals surface area contributed by atoms with Crippen molar-refractivity contribution in [3.05, 3.63) is 46.5 Å². The summed E-state index contributed by atoms with van der Waals surface area (Å²) >= 11 is 9.56. The van der Waals surface area contributed by atoms with Crippen LogP contribution in [0.15, 0.2) is 24.3 Å². The molecule has 0 spiro atoms. The van der Waals surface area contributed by atoms with Crippen molar-refractivity contribution >= 4 is 27.5 Å². The molecule has 2 rings (SSSR count). The van der Waals surface area contributed by atoms with E-state index in [1.54, 1.807) is 0 Å². The summed E-state index contributed by atoms with van der Waals surface area (Å²) in [5, 5.41) is 9.87. The normalized spacial score (nSPS) is 10.8. The lowest BCUT2D eigenvalue weighted by Gasteiger charge is -2.07. The lowest BCUT2D eigenvalue weighted by atomic mass is 10.1. The number of halogens is 2. The van der Waals surface area contributed by atoms with Gasteiger partial charge in [0, 0.05) is 18.0 Å². The Labute approximate surface area is 114 Å². The third kappa shape index (κ3) is 2.69. The number of hydrogen-bond acceptors (Lipinski definition) is 2. The Bertz CT molecular complexity index is 510. The molecule has 0 aliphatic heterocycles. The van der Waals surface area contributed by atoms with Gasteiger partial charge in [0.05, 0.1) is 5.33 Å². The van der Waals surface area contributed by atoms with Gasteiger partial charge in [0.1, 0.15) is 11.6 Å². The lowest BCUT2D eigenvalue weighted by molar-refractivity contribution is 0.688. The highest BCUT2D eigenvalue weighted by molar-refractivity contribution is 9.08. The average molecular weight is 315 g/mol. The van der Waals surface area contributed by atoms with Gasteiger partial charge in [-0.1, -0.05) is 45.7 Å². The van der Waals surface area contributed by atoms with Gasteiger partial charge < -0.3 is 4.57 Å². The van der Waals surface area contributed by atoms with Gasteiger partial charge in [-0.05, 0) is 18.6 Å². The Kier molecular flexibility index (Phi) is 4.18. The molecule has 17 heavy (non-hydrogen) atoms. The number of alkyl halides is 1. The molecule has 0 radical (unpaired) electrons. The average Bonchev–Trinajstić information content (AvgIpc) is 2.74. The molecule has 0 atom stereocenters. The Hall–Kier alpha value is -0.870. The van der Waals surface area contributed by atoms with Gasteiger partial charge in [0.25, 0.3) is 0 Å². The fourth-order valence-electron chi connectivity index (χ4n) is 1.78. The van der Waals surface area contributed by atoms with Crippen LogP contribution in [-0.4, -0.2) is 14.8 Å². The van der Waals surface area contributed by atoms with Crippen LogP contribution in [0.4, 0.5) is 0 Å². The van der Waals surface area contributed by atoms with Crippen LogP contribution in [-0.2, 0) is 18.3 Å². The molecular formula is C12H13BrClN3. The van der Waals surface area contributed by atoms with E-state index in [1.165, 1.54) is 0 Å². The topological polar surface area (TPSA) is 30.7 Å². The molecule has 0 saturated heterocycles. The van der Waals surface area contributed by atoms with Crippen LogP contribution in [0.1, 0.15) is 24.1 Å². The minimum Gasteiger partial charge on any atom is -0.314 e. The van der Waals surface area contributed by atoms with E-state index in [9.17, 15) is 0 Å². The van der Waals surface area contributed by atoms with Gasteiger partial charge in [-0.3, -0.25) is 0 Å². The quantitative estimate of drug-likeness (QED) is 0.809. The predicted octanol–water partition coefficient (Wildman–Crippen LogP) is 3.44. The van der Waals surface area contributed by atoms with Gasteiger partial charge in [-0.2, -0.15) is 0 Å². The van der Waals surface area contributed by atoms with Crippen molar-refractivity contribution in [1.29, 1.82) is 0 Å². The molecule has 0 fully saturated rings. The number of hydrogen-bond donors (Lipinski definition) is 0. The summed E-state index contributed by atoms with van der Waals surface area (Å²) in [6.45, 7) is 2.96. The van der Waals surface area contributed by atoms with Gasteiger partial charge in [-0.15, -0.1) is 10.2 Å². The van der Waals surface area contributed by atoms with Crippen molar-refractivity contribution in [2.24, 2.45) is 0 Å². The summed E-state index contributed by atoms with van der Waals surface area (Å²) in [5.41, 5.74) is 1.08. The summed E-state index contributed by atoms with van der Waals surface area (Å²) in [7, 11) is 0. The largest absolute Gasteiger partial charge is 0.314 e. The van der Waals surface area contributed by atoms with E-state index in [-0.39, 0.29) is 0 Å². The second-order valence-corrected chi connectivity index (χ2v) is 4.65. The zero-order chi connectivity index (χ0) is 12.3. The van der Waals surface area contributed by atoms with Crippen LogP contribution in [0.2, 0.25) is 5.02 Å². The summed E-state index contributed by atoms with van der Waals surface area (Å²) in [4.78, 5) is 0. The lowest BCUT2D eigenvalue weighted by Crippen LogP contribution is -2.05. The van der Waals surface area contributed by atoms with Gasteiger partial charge in [0.15, 0.2) is 0 Å². The highest BCUT2D eigenvalue weighted by Gasteiger charge is 2.11. The zero-order valence-corrected chi connectivity index (χ0v) is 11.9. The molecule has 3 nitrogen and oxygen atoms in total. The Morgan fingerprint density at radius 2 is 1.94 bits per heavy atom. The molecule has 0 saturated carbocycles. The first-order valence-electron chi connectivity index (χ1n) is 5.46. The second-order valence-electron chi connectivity index (χ2n) is 3.68. The minimum atomic E-state index is 0.716. The fourth-order valence-corrected chi connectivity index (χ4v) is 2.40. The maximum atomic E-state index is 6.14. The first kappa shape index (κ1) is 12.6. The van der Waals surface area contributed by atoms with Crippen molar-refractivity contribution in [3.63, 3.8) is 0 Å². The van der Waals surface area contributed by atoms with Gasteiger partial charge in [-0.25, -0.2) is 0 Å². The molecule has 90 valence electrons. The van der Waals surface area contributed by atoms with E-state index in [0.717, 1.165) is 34.1 Å². The van der Waals surface area contributed by atoms with Crippen molar-refractivity contribution in [1.82, 2.24) is 14.8 Å². The Morgan fingerprint density at radius 1 is 1.24 bits per heavy atom. The minimum absolute atomic E-state index is 0.716. The summed E-state index contributed by atoms with van der Waals surface area (Å²) < 4.78 is 2.11. The first-order valence-corrected chi connectivity index (χ1v) is 6.96. The number of rotatable bonds is 4. The highest BCUT2D eigenvalue weighted by atomic mass is 79.9. The number of benzene rings is 1. The van der Waals surface area contributed by atoms with E-state index >= 15 is 0 Å². The standard InChI is InChI=1S/C12H13BrClN3/c1-2-17-11(15-16-12(17)8-13)7-9-5-3-4-6-10(9)14/h3-6H,2,7-8H2,1H3. The third-order valence-electron chi connectivity index (χ3n) is 2.65. The predicted molar refractivity (Wildman–Crippen MR) is 72.6 cm³/mol. The molecule has 1 aromatic carbocycles. The molecule has 0 aliphatic rings. The molecule has 2 aromatic rings. The molecule has 0 N–H and O–H groups in total. The summed E-state index contributed by atoms with van der Waals surface area (Å²) in [6, 6.07) is 7.83. The first-order chi connectivity index (χ1) is 8.26. The summed E-state index contributed by atoms with van der Waals surface area (Å²) in [6.07, 6.45) is 0.716. The van der Waals surface area contributed by atoms with Gasteiger partial charge in [0.2, 0.25) is 0 Å². The Morgan fingerprint density at radius 3 is 2.59 bits per heavy atom. The molecule has 0 unspecified atom stereocenters. The zero-order valence-electron chi connectivity index (χ0n) is 9.53. The van der Waals surface area contributed by atoms with Crippen molar-refractivity contribution in [3.8, 4) is 0 Å². The van der Waals surface area contributed by atoms with Crippen molar-refractivity contribution in [2.45, 2.75) is 25.2 Å². The number of aromatic nitrogens is 3. The molecule has 0 amide bonds. The monoisotopic (exact) mass is 313 g/mol. The maximum absolute atomic E-state index is 6.14.